The van der Waals surface area contributed by atoms with Crippen molar-refractivity contribution in [2.24, 2.45) is 44.3 Å². The summed E-state index contributed by atoms with van der Waals surface area (Å²) in [6, 6.07) is 38.0. The van der Waals surface area contributed by atoms with Crippen LogP contribution in [-0.4, -0.2) is 154 Å². The van der Waals surface area contributed by atoms with Gasteiger partial charge in [0.15, 0.2) is 5.78 Å². The first kappa shape index (κ1) is 90.2. The van der Waals surface area contributed by atoms with Crippen LogP contribution in [0.15, 0.2) is 189 Å². The van der Waals surface area contributed by atoms with Crippen molar-refractivity contribution in [3.8, 4) is 0 Å². The fourth-order valence-electron chi connectivity index (χ4n) is 12.4. The zero-order valence-electron chi connectivity index (χ0n) is 67.5. The first-order valence-corrected chi connectivity index (χ1v) is 37.5. The molecule has 0 aliphatic heterocycles. The molecule has 1 unspecified atom stereocenters. The number of hydrogen-bond donors (Lipinski definition) is 15. The molecule has 10 aromatic rings. The molecule has 25 heteroatoms. The van der Waals surface area contributed by atoms with Crippen molar-refractivity contribution in [3.05, 3.63) is 217 Å². The standard InChI is InChI=1S/C19H25N3O2.C19H24N2O3.C18H23N3O2.C16H22N2O3.C16H20N2O3/c1-13(23)22-15(9-10-19(2,3)18(24)20-4)11-14-12-21-17-8-6-5-7-16(14)17;1-13(22)21(4)15(9-10-19(2,3)18(23)24)11-14-12-20-17-8-6-5-7-16(14)17;1-12(22)21-14(8-9-18(2,3)17(19)23)10-13-11-20-16-7-5-4-6-15(13)16;2*1-16(2,15(20)21)8-14(19)12(17)7-10-9-18-13-6-4-3-5-11(10)13/h5-10,12,15,21H,11H2,1-4H3,(H,20,24)(H,22,23);5-10,12,15,20H,11H2,1-4H3,(H,23,24);4-9,11,14,20H,10H2,1-3H3,(H2,19,23)(H,21,22);3-6,9,12,14,18-19H,7-8,17H2,1-2H3,(H,20,21);3-6,9,12,18H,7-8,17H2,1-2H3,(H,20,21)/b2*10-9+;9-8+;;/t2*15-;14-;12-,14?;12-/m00011/s1. The maximum atomic E-state index is 12.1. The predicted octanol–water partition coefficient (Wildman–Crippen LogP) is 12.1. The van der Waals surface area contributed by atoms with Crippen LogP contribution in [-0.2, 0) is 75.3 Å². The number of carbonyl (C=O) groups excluding carboxylic acids is 6. The smallest absolute Gasteiger partial charge is 0.312 e. The molecule has 5 amide bonds. The summed E-state index contributed by atoms with van der Waals surface area (Å²) in [5.41, 5.74) is 23.5. The molecular formula is C88H114N12O13. The number of rotatable bonds is 30. The third kappa shape index (κ3) is 26.2. The number of Topliss-reactive ketones (excluding diaryl/α,β-unsaturated/α-hetero) is 1. The number of nitrogens with two attached hydrogens (primary N) is 3. The monoisotopic (exact) mass is 1550 g/mol. The van der Waals surface area contributed by atoms with Gasteiger partial charge >= 0.3 is 17.9 Å². The lowest BCUT2D eigenvalue weighted by atomic mass is 9.84. The summed E-state index contributed by atoms with van der Waals surface area (Å²) in [6.45, 7) is 21.2. The van der Waals surface area contributed by atoms with Crippen LogP contribution in [0.5, 0.6) is 0 Å². The molecule has 6 atom stereocenters. The second-order valence-corrected chi connectivity index (χ2v) is 31.7. The number of primary amides is 1. The van der Waals surface area contributed by atoms with Gasteiger partial charge < -0.3 is 83.4 Å². The Morgan fingerprint density at radius 2 is 0.779 bits per heavy atom. The summed E-state index contributed by atoms with van der Waals surface area (Å²) < 4.78 is 0. The van der Waals surface area contributed by atoms with E-state index < -0.39 is 69.1 Å². The Morgan fingerprint density at radius 3 is 1.11 bits per heavy atom. The molecule has 0 fully saturated rings. The molecule has 0 radical (unpaired) electrons. The van der Waals surface area contributed by atoms with Crippen molar-refractivity contribution >= 4 is 108 Å². The zero-order valence-corrected chi connectivity index (χ0v) is 67.5. The number of amides is 5. The van der Waals surface area contributed by atoms with Gasteiger partial charge in [0.1, 0.15) is 0 Å². The van der Waals surface area contributed by atoms with Gasteiger partial charge in [-0.1, -0.05) is 127 Å². The van der Waals surface area contributed by atoms with Crippen LogP contribution >= 0.6 is 0 Å². The number of hydrogen-bond acceptors (Lipinski definition) is 12. The van der Waals surface area contributed by atoms with Crippen LogP contribution in [0.3, 0.4) is 0 Å². The van der Waals surface area contributed by atoms with Crippen LogP contribution in [0.2, 0.25) is 0 Å². The summed E-state index contributed by atoms with van der Waals surface area (Å²) in [5.74, 6) is -3.77. The van der Waals surface area contributed by atoms with Crippen molar-refractivity contribution in [1.29, 1.82) is 0 Å². The normalized spacial score (nSPS) is 13.6. The number of carboxylic acids is 3. The SMILES string of the molecule is CC(=O)N(C)[C@@H](/C=C/C(C)(C)C(=O)O)Cc1c[nH]c2ccccc12.CC(=O)N[C@@H](/C=C/C(C)(C)C(N)=O)Cc1c[nH]c2ccccc12.CC(C)(CC(=O)[C@H](N)Cc1c[nH]c2ccccc12)C(=O)O.CC(C)(CC(O)[C@H](N)Cc1c[nH]c2ccccc12)C(=O)O.CNC(=O)C(C)(C)/C=C/[C@@H](Cc1c[nH]c2ccccc12)NC(C)=O. The van der Waals surface area contributed by atoms with Crippen LogP contribution in [0, 0.1) is 27.1 Å². The van der Waals surface area contributed by atoms with Gasteiger partial charge in [-0.15, -0.1) is 0 Å². The number of para-hydroxylation sites is 5. The second kappa shape index (κ2) is 40.0. The van der Waals surface area contributed by atoms with E-state index in [0.29, 0.717) is 32.1 Å². The van der Waals surface area contributed by atoms with E-state index in [1.165, 1.54) is 34.6 Å². The molecule has 25 nitrogen and oxygen atoms in total. The number of benzene rings is 5. The minimum atomic E-state index is -1.09. The molecule has 18 N–H and O–H groups in total. The topological polar surface area (TPSA) is 431 Å². The lowest BCUT2D eigenvalue weighted by Gasteiger charge is -2.26. The summed E-state index contributed by atoms with van der Waals surface area (Å²) in [4.78, 5) is 121. The van der Waals surface area contributed by atoms with Gasteiger partial charge in [-0.05, 0) is 166 Å². The number of aliphatic hydroxyl groups is 1. The number of carbonyl (C=O) groups is 9. The van der Waals surface area contributed by atoms with E-state index in [2.05, 4.69) is 46.9 Å². The first-order chi connectivity index (χ1) is 53.0. The minimum absolute atomic E-state index is 0.0578. The van der Waals surface area contributed by atoms with Crippen molar-refractivity contribution in [2.45, 2.75) is 171 Å². The van der Waals surface area contributed by atoms with Crippen LogP contribution < -0.4 is 33.2 Å². The number of nitrogens with zero attached hydrogens (tertiary/aromatic N) is 1. The van der Waals surface area contributed by atoms with Gasteiger partial charge in [0.25, 0.3) is 0 Å². The molecule has 0 bridgehead atoms. The van der Waals surface area contributed by atoms with E-state index in [0.717, 1.165) is 82.3 Å². The van der Waals surface area contributed by atoms with E-state index in [9.17, 15) is 53.4 Å². The highest BCUT2D eigenvalue weighted by atomic mass is 16.4. The average molecular weight is 1550 g/mol. The number of aliphatic carboxylic acids is 3. The number of nitrogens with one attached hydrogen (secondary N) is 8. The molecular weight excluding hydrogens is 1430 g/mol. The van der Waals surface area contributed by atoms with Crippen molar-refractivity contribution in [3.63, 3.8) is 0 Å². The maximum Gasteiger partial charge on any atom is 0.312 e. The Morgan fingerprint density at radius 1 is 0.451 bits per heavy atom. The fraction of sp³-hybridized carbons (Fsp3) is 0.375. The van der Waals surface area contributed by atoms with Gasteiger partial charge in [-0.3, -0.25) is 43.2 Å². The fourth-order valence-corrected chi connectivity index (χ4v) is 12.4. The molecule has 5 heterocycles. The second-order valence-electron chi connectivity index (χ2n) is 31.7. The summed E-state index contributed by atoms with van der Waals surface area (Å²) in [5, 5.41) is 51.6. The molecule has 604 valence electrons. The van der Waals surface area contributed by atoms with Crippen molar-refractivity contribution in [2.75, 3.05) is 14.1 Å². The lowest BCUT2D eigenvalue weighted by Crippen LogP contribution is -2.41. The molecule has 0 aliphatic carbocycles. The molecule has 5 aromatic carbocycles. The number of aliphatic hydroxyl groups excluding tert-OH is 1. The number of carboxylic acid groups (broad SMARTS) is 3. The van der Waals surface area contributed by atoms with E-state index in [1.807, 2.05) is 184 Å². The van der Waals surface area contributed by atoms with Crippen molar-refractivity contribution < 1.29 is 63.6 Å². The molecule has 5 aromatic heterocycles. The Hall–Kier alpha value is -11.7. The molecule has 0 aliphatic rings. The third-order valence-corrected chi connectivity index (χ3v) is 20.0. The molecule has 10 rings (SSSR count). The van der Waals surface area contributed by atoms with Gasteiger partial charge in [-0.25, -0.2) is 0 Å². The summed E-state index contributed by atoms with van der Waals surface area (Å²) >= 11 is 0. The van der Waals surface area contributed by atoms with E-state index in [4.69, 9.17) is 27.4 Å². The Labute approximate surface area is 660 Å². The number of aromatic nitrogens is 5. The average Bonchev–Trinajstić information content (AvgIpc) is 1.74. The Kier molecular flexibility index (Phi) is 31.9. The zero-order chi connectivity index (χ0) is 83.9. The van der Waals surface area contributed by atoms with Crippen LogP contribution in [0.1, 0.15) is 131 Å². The summed E-state index contributed by atoms with van der Waals surface area (Å²) in [6.07, 6.45) is 22.4. The molecule has 0 spiro atoms. The number of likely N-dealkylation sites (N-methyl/N-ethyl adjacent to an activating group) is 1. The Bertz CT molecular complexity index is 5020. The molecule has 0 saturated heterocycles. The van der Waals surface area contributed by atoms with E-state index in [-0.39, 0.29) is 60.4 Å². The number of fused-ring (bicyclic) bond motifs is 5. The highest BCUT2D eigenvalue weighted by molar-refractivity contribution is 5.92. The predicted molar refractivity (Wildman–Crippen MR) is 446 cm³/mol. The van der Waals surface area contributed by atoms with Gasteiger partial charge in [0.2, 0.25) is 29.5 Å². The summed E-state index contributed by atoms with van der Waals surface area (Å²) in [7, 11) is 3.36. The molecule has 0 saturated carbocycles. The number of ketones is 1. The number of H-pyrrole nitrogens is 5. The van der Waals surface area contributed by atoms with E-state index in [1.54, 1.807) is 72.7 Å². The lowest BCUT2D eigenvalue weighted by molar-refractivity contribution is -0.149. The molecule has 113 heavy (non-hydrogen) atoms. The van der Waals surface area contributed by atoms with Crippen LogP contribution in [0.25, 0.3) is 54.5 Å². The van der Waals surface area contributed by atoms with Crippen LogP contribution in [0.4, 0.5) is 0 Å². The van der Waals surface area contributed by atoms with Gasteiger partial charge in [-0.2, -0.15) is 0 Å². The van der Waals surface area contributed by atoms with Gasteiger partial charge in [0.05, 0.1) is 57.3 Å². The highest BCUT2D eigenvalue weighted by Gasteiger charge is 2.34. The van der Waals surface area contributed by atoms with Crippen molar-refractivity contribution in [1.82, 2.24) is 45.8 Å². The third-order valence-electron chi connectivity index (χ3n) is 20.0. The highest BCUT2D eigenvalue weighted by Crippen LogP contribution is 2.30. The Balaban J connectivity index is 0.000000220. The van der Waals surface area contributed by atoms with E-state index >= 15 is 0 Å². The largest absolute Gasteiger partial charge is 0.481 e. The number of aromatic amines is 5. The first-order valence-electron chi connectivity index (χ1n) is 37.5. The quantitative estimate of drug-likeness (QED) is 0.0186. The maximum absolute atomic E-state index is 12.1. The minimum Gasteiger partial charge on any atom is -0.481 e. The van der Waals surface area contributed by atoms with Gasteiger partial charge in [0, 0.05) is 133 Å².